The summed E-state index contributed by atoms with van der Waals surface area (Å²) < 4.78 is 4.77. The molecule has 15 heavy (non-hydrogen) atoms. The molecule has 0 atom stereocenters. The van der Waals surface area contributed by atoms with Gasteiger partial charge < -0.3 is 15.6 Å². The third-order valence-corrected chi connectivity index (χ3v) is 2.78. The molecular formula is C10H14N4O. The highest BCUT2D eigenvalue weighted by molar-refractivity contribution is 5.61. The Morgan fingerprint density at radius 1 is 1.40 bits per heavy atom. The molecule has 0 aromatic carbocycles. The molecule has 1 aliphatic carbocycles. The molecule has 1 aromatic heterocycles. The Morgan fingerprint density at radius 3 is 2.80 bits per heavy atom. The van der Waals surface area contributed by atoms with Crippen molar-refractivity contribution in [3.63, 3.8) is 0 Å². The second-order valence-electron chi connectivity index (χ2n) is 3.86. The summed E-state index contributed by atoms with van der Waals surface area (Å²) in [4.78, 5) is 0. The first kappa shape index (κ1) is 9.84. The van der Waals surface area contributed by atoms with E-state index in [0.717, 1.165) is 12.8 Å². The zero-order chi connectivity index (χ0) is 10.7. The van der Waals surface area contributed by atoms with Gasteiger partial charge in [0.1, 0.15) is 6.07 Å². The number of aromatic nitrogens is 1. The first-order chi connectivity index (χ1) is 7.31. The number of anilines is 2. The molecule has 0 unspecified atom stereocenters. The Kier molecular flexibility index (Phi) is 2.77. The van der Waals surface area contributed by atoms with Crippen LogP contribution in [0.4, 0.5) is 11.7 Å². The summed E-state index contributed by atoms with van der Waals surface area (Å²) in [6, 6.07) is 2.39. The SMILES string of the molecule is N#Cc1c(NC2CCCCC2)noc1N. The van der Waals surface area contributed by atoms with Crippen LogP contribution in [0.5, 0.6) is 0 Å². The van der Waals surface area contributed by atoms with Crippen molar-refractivity contribution >= 4 is 11.7 Å². The maximum absolute atomic E-state index is 8.85. The summed E-state index contributed by atoms with van der Waals surface area (Å²) in [5.74, 6) is 0.581. The molecule has 0 aliphatic heterocycles. The number of nitriles is 1. The number of hydrogen-bond donors (Lipinski definition) is 2. The molecule has 0 spiro atoms. The topological polar surface area (TPSA) is 87.9 Å². The molecule has 1 fully saturated rings. The maximum Gasteiger partial charge on any atom is 0.242 e. The molecule has 1 aliphatic rings. The van der Waals surface area contributed by atoms with Crippen LogP contribution in [0.3, 0.4) is 0 Å². The van der Waals surface area contributed by atoms with E-state index in [1.54, 1.807) is 0 Å². The number of nitrogens with zero attached hydrogens (tertiary/aromatic N) is 2. The molecular weight excluding hydrogens is 192 g/mol. The molecule has 5 nitrogen and oxygen atoms in total. The number of nitrogens with two attached hydrogens (primary N) is 1. The lowest BCUT2D eigenvalue weighted by molar-refractivity contribution is 0.430. The highest BCUT2D eigenvalue weighted by Crippen LogP contribution is 2.25. The molecule has 1 heterocycles. The van der Waals surface area contributed by atoms with Crippen molar-refractivity contribution in [3.05, 3.63) is 5.56 Å². The van der Waals surface area contributed by atoms with Gasteiger partial charge in [0, 0.05) is 6.04 Å². The zero-order valence-electron chi connectivity index (χ0n) is 8.49. The third kappa shape index (κ3) is 2.04. The number of hydrogen-bond acceptors (Lipinski definition) is 5. The van der Waals surface area contributed by atoms with E-state index in [0.29, 0.717) is 17.4 Å². The molecule has 1 aromatic rings. The highest BCUT2D eigenvalue weighted by Gasteiger charge is 2.18. The number of rotatable bonds is 2. The van der Waals surface area contributed by atoms with Crippen LogP contribution >= 0.6 is 0 Å². The first-order valence-electron chi connectivity index (χ1n) is 5.23. The Hall–Kier alpha value is -1.70. The summed E-state index contributed by atoms with van der Waals surface area (Å²) in [5, 5.41) is 15.8. The van der Waals surface area contributed by atoms with Crippen molar-refractivity contribution in [3.8, 4) is 6.07 Å². The monoisotopic (exact) mass is 206 g/mol. The molecule has 0 saturated heterocycles. The Labute approximate surface area is 88.2 Å². The minimum Gasteiger partial charge on any atom is -0.366 e. The van der Waals surface area contributed by atoms with E-state index in [-0.39, 0.29) is 5.88 Å². The van der Waals surface area contributed by atoms with Gasteiger partial charge >= 0.3 is 0 Å². The predicted octanol–water partition coefficient (Wildman–Crippen LogP) is 1.87. The summed E-state index contributed by atoms with van der Waals surface area (Å²) >= 11 is 0. The van der Waals surface area contributed by atoms with Gasteiger partial charge in [-0.15, -0.1) is 0 Å². The lowest BCUT2D eigenvalue weighted by Crippen LogP contribution is -2.22. The van der Waals surface area contributed by atoms with Crippen LogP contribution in [0.15, 0.2) is 4.52 Å². The fourth-order valence-electron chi connectivity index (χ4n) is 1.95. The standard InChI is InChI=1S/C10H14N4O/c11-6-8-9(12)15-14-10(8)13-7-4-2-1-3-5-7/h7H,1-5,12H2,(H,13,14). The van der Waals surface area contributed by atoms with E-state index in [1.807, 2.05) is 6.07 Å². The van der Waals surface area contributed by atoms with Gasteiger partial charge in [-0.2, -0.15) is 5.26 Å². The van der Waals surface area contributed by atoms with Gasteiger partial charge in [0.05, 0.1) is 0 Å². The lowest BCUT2D eigenvalue weighted by atomic mass is 9.95. The van der Waals surface area contributed by atoms with E-state index in [2.05, 4.69) is 10.5 Å². The molecule has 0 bridgehead atoms. The molecule has 5 heteroatoms. The van der Waals surface area contributed by atoms with Gasteiger partial charge in [0.15, 0.2) is 11.4 Å². The normalized spacial score (nSPS) is 17.3. The highest BCUT2D eigenvalue weighted by atomic mass is 16.5. The zero-order valence-corrected chi connectivity index (χ0v) is 8.49. The van der Waals surface area contributed by atoms with E-state index >= 15 is 0 Å². The van der Waals surface area contributed by atoms with Crippen LogP contribution in [0.1, 0.15) is 37.7 Å². The Bertz CT molecular complexity index is 373. The molecule has 1 saturated carbocycles. The lowest BCUT2D eigenvalue weighted by Gasteiger charge is -2.22. The van der Waals surface area contributed by atoms with E-state index < -0.39 is 0 Å². The predicted molar refractivity (Wildman–Crippen MR) is 56.1 cm³/mol. The van der Waals surface area contributed by atoms with Crippen molar-refractivity contribution in [1.29, 1.82) is 5.26 Å². The van der Waals surface area contributed by atoms with Crippen molar-refractivity contribution in [2.75, 3.05) is 11.1 Å². The van der Waals surface area contributed by atoms with Crippen LogP contribution in [-0.2, 0) is 0 Å². The van der Waals surface area contributed by atoms with Crippen LogP contribution < -0.4 is 11.1 Å². The third-order valence-electron chi connectivity index (χ3n) is 2.78. The largest absolute Gasteiger partial charge is 0.366 e. The van der Waals surface area contributed by atoms with Crippen LogP contribution in [0.25, 0.3) is 0 Å². The molecule has 3 N–H and O–H groups in total. The van der Waals surface area contributed by atoms with Gasteiger partial charge in [-0.1, -0.05) is 24.4 Å². The van der Waals surface area contributed by atoms with Gasteiger partial charge in [0.25, 0.3) is 0 Å². The van der Waals surface area contributed by atoms with Crippen LogP contribution in [-0.4, -0.2) is 11.2 Å². The average molecular weight is 206 g/mol. The quantitative estimate of drug-likeness (QED) is 0.771. The molecule has 0 radical (unpaired) electrons. The second kappa shape index (κ2) is 4.22. The minimum absolute atomic E-state index is 0.0933. The Morgan fingerprint density at radius 2 is 2.13 bits per heavy atom. The van der Waals surface area contributed by atoms with Gasteiger partial charge in [-0.05, 0) is 12.8 Å². The fourth-order valence-corrected chi connectivity index (χ4v) is 1.95. The molecule has 0 amide bonds. The fraction of sp³-hybridized carbons (Fsp3) is 0.600. The summed E-state index contributed by atoms with van der Waals surface area (Å²) in [6.45, 7) is 0. The van der Waals surface area contributed by atoms with Gasteiger partial charge in [0.2, 0.25) is 5.88 Å². The van der Waals surface area contributed by atoms with Crippen molar-refractivity contribution in [1.82, 2.24) is 5.16 Å². The van der Waals surface area contributed by atoms with E-state index in [4.69, 9.17) is 15.5 Å². The van der Waals surface area contributed by atoms with Crippen molar-refractivity contribution < 1.29 is 4.52 Å². The maximum atomic E-state index is 8.85. The van der Waals surface area contributed by atoms with Crippen molar-refractivity contribution in [2.24, 2.45) is 0 Å². The smallest absolute Gasteiger partial charge is 0.242 e. The van der Waals surface area contributed by atoms with Crippen LogP contribution in [0, 0.1) is 11.3 Å². The van der Waals surface area contributed by atoms with Crippen LogP contribution in [0.2, 0.25) is 0 Å². The summed E-state index contributed by atoms with van der Waals surface area (Å²) in [6.07, 6.45) is 6.00. The molecule has 80 valence electrons. The van der Waals surface area contributed by atoms with E-state index in [1.165, 1.54) is 19.3 Å². The number of nitrogen functional groups attached to an aromatic ring is 1. The van der Waals surface area contributed by atoms with Gasteiger partial charge in [-0.3, -0.25) is 0 Å². The Balaban J connectivity index is 2.06. The summed E-state index contributed by atoms with van der Waals surface area (Å²) in [7, 11) is 0. The average Bonchev–Trinajstić information content (AvgIpc) is 2.61. The van der Waals surface area contributed by atoms with E-state index in [9.17, 15) is 0 Å². The minimum atomic E-state index is 0.0933. The first-order valence-corrected chi connectivity index (χ1v) is 5.23. The van der Waals surface area contributed by atoms with Crippen molar-refractivity contribution in [2.45, 2.75) is 38.1 Å². The molecule has 2 rings (SSSR count). The number of nitrogens with one attached hydrogen (secondary N) is 1. The van der Waals surface area contributed by atoms with Gasteiger partial charge in [-0.25, -0.2) is 0 Å². The summed E-state index contributed by atoms with van der Waals surface area (Å²) in [5.41, 5.74) is 5.79. The second-order valence-corrected chi connectivity index (χ2v) is 3.86.